The molecule has 0 radical (unpaired) electrons. The number of para-hydroxylation sites is 1. The molecule has 1 N–H and O–H groups in total. The second-order valence-electron chi connectivity index (χ2n) is 8.46. The van der Waals surface area contributed by atoms with E-state index >= 15 is 0 Å². The molecule has 4 heterocycles. The molecule has 0 saturated carbocycles. The smallest absolute Gasteiger partial charge is 0.237 e. The summed E-state index contributed by atoms with van der Waals surface area (Å²) in [7, 11) is 1.84. The minimum Gasteiger partial charge on any atom is -0.361 e. The van der Waals surface area contributed by atoms with Gasteiger partial charge in [-0.3, -0.25) is 14.3 Å². The lowest BCUT2D eigenvalue weighted by molar-refractivity contribution is -0.133. The number of nitrogens with one attached hydrogen (secondary N) is 1. The summed E-state index contributed by atoms with van der Waals surface area (Å²) in [6.45, 7) is 4.27. The van der Waals surface area contributed by atoms with Gasteiger partial charge in [-0.15, -0.1) is 0 Å². The van der Waals surface area contributed by atoms with E-state index in [1.807, 2.05) is 56.3 Å². The normalized spacial score (nSPS) is 22.2. The lowest BCUT2D eigenvalue weighted by Crippen LogP contribution is -2.42. The Hall–Kier alpha value is -3.42. The summed E-state index contributed by atoms with van der Waals surface area (Å²) in [6, 6.07) is 7.38. The molecule has 3 aromatic rings. The fourth-order valence-corrected chi connectivity index (χ4v) is 5.23. The third kappa shape index (κ3) is 2.89. The fraction of sp³-hybridized carbons (Fsp3) is 0.391. The molecule has 1 spiro atoms. The van der Waals surface area contributed by atoms with Gasteiger partial charge in [-0.05, 0) is 38.3 Å². The fourth-order valence-electron chi connectivity index (χ4n) is 5.23. The summed E-state index contributed by atoms with van der Waals surface area (Å²) in [5, 5.41) is 11.4. The summed E-state index contributed by atoms with van der Waals surface area (Å²) in [4.78, 5) is 28.6. The van der Waals surface area contributed by atoms with Crippen LogP contribution in [-0.2, 0) is 28.5 Å². The Morgan fingerprint density at radius 2 is 2.13 bits per heavy atom. The van der Waals surface area contributed by atoms with Crippen molar-refractivity contribution in [3.8, 4) is 0 Å². The van der Waals surface area contributed by atoms with Crippen molar-refractivity contribution in [1.29, 1.82) is 0 Å². The highest BCUT2D eigenvalue weighted by atomic mass is 16.5. The molecule has 160 valence electrons. The molecule has 2 aliphatic rings. The summed E-state index contributed by atoms with van der Waals surface area (Å²) in [5.74, 6) is 0.711. The second-order valence-corrected chi connectivity index (χ2v) is 8.46. The van der Waals surface area contributed by atoms with E-state index < -0.39 is 11.5 Å². The average molecular weight is 419 g/mol. The summed E-state index contributed by atoms with van der Waals surface area (Å²) >= 11 is 0. The minimum absolute atomic E-state index is 0.0166. The number of amides is 2. The monoisotopic (exact) mass is 419 g/mol. The van der Waals surface area contributed by atoms with Crippen LogP contribution in [0.4, 0.5) is 5.69 Å². The Bertz CT molecular complexity index is 1160. The van der Waals surface area contributed by atoms with Gasteiger partial charge in [-0.25, -0.2) is 0 Å². The number of benzene rings is 1. The number of aromatic nitrogens is 3. The average Bonchev–Trinajstić information content (AvgIpc) is 3.49. The van der Waals surface area contributed by atoms with Crippen LogP contribution < -0.4 is 5.32 Å². The maximum atomic E-state index is 13.4. The molecule has 8 heteroatoms. The zero-order valence-electron chi connectivity index (χ0n) is 17.9. The van der Waals surface area contributed by atoms with E-state index in [-0.39, 0.29) is 11.8 Å². The predicted molar refractivity (Wildman–Crippen MR) is 113 cm³/mol. The molecule has 2 aliphatic heterocycles. The van der Waals surface area contributed by atoms with E-state index in [0.29, 0.717) is 25.8 Å². The van der Waals surface area contributed by atoms with E-state index in [2.05, 4.69) is 15.6 Å². The zero-order valence-corrected chi connectivity index (χ0v) is 17.9. The lowest BCUT2D eigenvalue weighted by Gasteiger charge is -2.33. The zero-order chi connectivity index (χ0) is 21.8. The number of anilines is 1. The number of hydrogen-bond acceptors (Lipinski definition) is 5. The molecule has 2 aromatic heterocycles. The van der Waals surface area contributed by atoms with Gasteiger partial charge in [0.25, 0.3) is 0 Å². The molecule has 2 atom stereocenters. The minimum atomic E-state index is -0.807. The highest BCUT2D eigenvalue weighted by Gasteiger charge is 2.59. The molecule has 1 fully saturated rings. The van der Waals surface area contributed by atoms with Crippen molar-refractivity contribution >= 4 is 17.5 Å². The highest BCUT2D eigenvalue weighted by molar-refractivity contribution is 6.07. The van der Waals surface area contributed by atoms with E-state index in [9.17, 15) is 9.59 Å². The number of fused-ring (bicyclic) bond motifs is 2. The van der Waals surface area contributed by atoms with Crippen LogP contribution in [0.2, 0.25) is 0 Å². The Morgan fingerprint density at radius 1 is 1.32 bits per heavy atom. The largest absolute Gasteiger partial charge is 0.361 e. The van der Waals surface area contributed by atoms with E-state index in [4.69, 9.17) is 4.52 Å². The van der Waals surface area contributed by atoms with Crippen molar-refractivity contribution < 1.29 is 14.1 Å². The molecule has 2 unspecified atom stereocenters. The number of nitrogens with zero attached hydrogens (tertiary/aromatic N) is 4. The van der Waals surface area contributed by atoms with Crippen LogP contribution >= 0.6 is 0 Å². The molecule has 2 amide bonds. The third-order valence-electron chi connectivity index (χ3n) is 6.72. The molecule has 1 saturated heterocycles. The van der Waals surface area contributed by atoms with Crippen molar-refractivity contribution in [2.45, 2.75) is 44.6 Å². The van der Waals surface area contributed by atoms with Crippen molar-refractivity contribution in [1.82, 2.24) is 19.8 Å². The van der Waals surface area contributed by atoms with Gasteiger partial charge < -0.3 is 14.7 Å². The standard InChI is InChI=1S/C23H25N5O3/c1-14-17(15(2)31-26-14)8-9-20(29)28-11-10-23(21(28)16-12-24-27(3)13-16)18-6-4-5-7-19(18)25-22(23)30/h4-7,12-13,21H,8-11H2,1-3H3,(H,25,30). The van der Waals surface area contributed by atoms with Crippen molar-refractivity contribution in [2.75, 3.05) is 11.9 Å². The summed E-state index contributed by atoms with van der Waals surface area (Å²) in [5.41, 5.74) is 3.64. The number of carbonyl (C=O) groups is 2. The number of likely N-dealkylation sites (tertiary alicyclic amines) is 1. The van der Waals surface area contributed by atoms with E-state index in [1.54, 1.807) is 10.9 Å². The Labute approximate surface area is 180 Å². The molecular formula is C23H25N5O3. The maximum Gasteiger partial charge on any atom is 0.237 e. The van der Waals surface area contributed by atoms with E-state index in [0.717, 1.165) is 33.8 Å². The molecule has 1 aromatic carbocycles. The van der Waals surface area contributed by atoms with Crippen LogP contribution in [0.1, 0.15) is 47.0 Å². The van der Waals surface area contributed by atoms with Gasteiger partial charge in [0.05, 0.1) is 17.9 Å². The van der Waals surface area contributed by atoms with Crippen LogP contribution in [-0.4, -0.2) is 38.2 Å². The number of rotatable bonds is 4. The number of hydrogen-bond donors (Lipinski definition) is 1. The second kappa shape index (κ2) is 7.08. The predicted octanol–water partition coefficient (Wildman–Crippen LogP) is 2.82. The lowest BCUT2D eigenvalue weighted by atomic mass is 9.73. The first-order chi connectivity index (χ1) is 14.9. The molecule has 0 aliphatic carbocycles. The van der Waals surface area contributed by atoms with Crippen LogP contribution in [0.15, 0.2) is 41.2 Å². The first kappa shape index (κ1) is 19.5. The Morgan fingerprint density at radius 3 is 2.84 bits per heavy atom. The quantitative estimate of drug-likeness (QED) is 0.702. The molecule has 0 bridgehead atoms. The molecular weight excluding hydrogens is 394 g/mol. The van der Waals surface area contributed by atoms with Crippen LogP contribution in [0.25, 0.3) is 0 Å². The molecule has 5 rings (SSSR count). The van der Waals surface area contributed by atoms with Gasteiger partial charge in [-0.1, -0.05) is 23.4 Å². The van der Waals surface area contributed by atoms with Crippen LogP contribution in [0.5, 0.6) is 0 Å². The van der Waals surface area contributed by atoms with Gasteiger partial charge in [0, 0.05) is 43.0 Å². The van der Waals surface area contributed by atoms with Crippen LogP contribution in [0, 0.1) is 13.8 Å². The van der Waals surface area contributed by atoms with Crippen molar-refractivity contribution in [3.05, 3.63) is 64.8 Å². The SMILES string of the molecule is Cc1noc(C)c1CCC(=O)N1CCC2(C(=O)Nc3ccccc32)C1c1cnn(C)c1. The first-order valence-corrected chi connectivity index (χ1v) is 10.5. The summed E-state index contributed by atoms with van der Waals surface area (Å²) < 4.78 is 6.95. The highest BCUT2D eigenvalue weighted by Crippen LogP contribution is 2.54. The molecule has 31 heavy (non-hydrogen) atoms. The van der Waals surface area contributed by atoms with Gasteiger partial charge in [0.2, 0.25) is 11.8 Å². The van der Waals surface area contributed by atoms with Gasteiger partial charge in [0.1, 0.15) is 11.2 Å². The van der Waals surface area contributed by atoms with E-state index in [1.165, 1.54) is 0 Å². The number of carbonyl (C=O) groups excluding carboxylic acids is 2. The van der Waals surface area contributed by atoms with Crippen LogP contribution in [0.3, 0.4) is 0 Å². The Balaban J connectivity index is 1.51. The van der Waals surface area contributed by atoms with Crippen molar-refractivity contribution in [3.63, 3.8) is 0 Å². The summed E-state index contributed by atoms with van der Waals surface area (Å²) in [6.07, 6.45) is 5.14. The van der Waals surface area contributed by atoms with Crippen molar-refractivity contribution in [2.24, 2.45) is 7.05 Å². The van der Waals surface area contributed by atoms with Gasteiger partial charge in [-0.2, -0.15) is 5.10 Å². The molecule has 8 nitrogen and oxygen atoms in total. The van der Waals surface area contributed by atoms with Gasteiger partial charge >= 0.3 is 0 Å². The van der Waals surface area contributed by atoms with Gasteiger partial charge in [0.15, 0.2) is 0 Å². The third-order valence-corrected chi connectivity index (χ3v) is 6.72. The topological polar surface area (TPSA) is 93.3 Å². The first-order valence-electron chi connectivity index (χ1n) is 10.5. The Kier molecular flexibility index (Phi) is 4.46. The maximum absolute atomic E-state index is 13.4. The number of aryl methyl sites for hydroxylation is 3.